The number of carbonyl (C=O) groups excluding carboxylic acids is 1. The Bertz CT molecular complexity index is 199. The fraction of sp³-hybridized carbons (Fsp3) is 0.923. The summed E-state index contributed by atoms with van der Waals surface area (Å²) < 4.78 is 4.90. The lowest BCUT2D eigenvalue weighted by Crippen LogP contribution is -2.29. The minimum absolute atomic E-state index is 0.176. The fourth-order valence-electron chi connectivity index (χ4n) is 1.26. The average Bonchev–Trinajstić information content (AvgIpc) is 2.00. The number of ether oxygens (including phenoxy) is 1. The van der Waals surface area contributed by atoms with Crippen molar-refractivity contribution in [3.63, 3.8) is 0 Å². The van der Waals surface area contributed by atoms with E-state index in [9.17, 15) is 4.79 Å². The summed E-state index contributed by atoms with van der Waals surface area (Å²) in [6, 6.07) is 0. The first-order valence-corrected chi connectivity index (χ1v) is 5.80. The molecule has 2 nitrogen and oxygen atoms in total. The second-order valence-electron chi connectivity index (χ2n) is 5.93. The average molecular weight is 214 g/mol. The van der Waals surface area contributed by atoms with Crippen molar-refractivity contribution in [1.29, 1.82) is 0 Å². The van der Waals surface area contributed by atoms with Gasteiger partial charge in [0.05, 0.1) is 6.61 Å². The van der Waals surface area contributed by atoms with Gasteiger partial charge in [0.25, 0.3) is 0 Å². The molecule has 0 aliphatic rings. The molecule has 0 rings (SSSR count). The molecule has 0 spiro atoms. The Hall–Kier alpha value is -0.530. The van der Waals surface area contributed by atoms with Gasteiger partial charge in [0, 0.05) is 6.92 Å². The normalized spacial score (nSPS) is 12.7. The highest BCUT2D eigenvalue weighted by Gasteiger charge is 2.31. The third kappa shape index (κ3) is 5.81. The van der Waals surface area contributed by atoms with Gasteiger partial charge in [0.1, 0.15) is 0 Å². The number of rotatable bonds is 5. The molecule has 90 valence electrons. The molecule has 0 heterocycles. The van der Waals surface area contributed by atoms with E-state index in [-0.39, 0.29) is 5.97 Å². The zero-order valence-corrected chi connectivity index (χ0v) is 11.1. The molecule has 0 N–H and O–H groups in total. The lowest BCUT2D eigenvalue weighted by molar-refractivity contribution is -0.141. The van der Waals surface area contributed by atoms with Gasteiger partial charge >= 0.3 is 5.97 Å². The first-order chi connectivity index (χ1) is 6.67. The standard InChI is InChI=1S/C13H26O2/c1-11(14)15-10-8-7-9-13(5,6)12(2,3)4/h7-10H2,1-6H3. The van der Waals surface area contributed by atoms with Crippen LogP contribution in [0, 0.1) is 10.8 Å². The summed E-state index contributed by atoms with van der Waals surface area (Å²) in [5.74, 6) is -0.176. The predicted octanol–water partition coefficient (Wildman–Crippen LogP) is 3.79. The van der Waals surface area contributed by atoms with E-state index < -0.39 is 0 Å². The van der Waals surface area contributed by atoms with Crippen LogP contribution in [-0.4, -0.2) is 12.6 Å². The van der Waals surface area contributed by atoms with Gasteiger partial charge in [-0.05, 0) is 30.1 Å². The fourth-order valence-corrected chi connectivity index (χ4v) is 1.26. The molecule has 15 heavy (non-hydrogen) atoms. The van der Waals surface area contributed by atoms with E-state index in [0.29, 0.717) is 17.4 Å². The smallest absolute Gasteiger partial charge is 0.302 e. The zero-order valence-electron chi connectivity index (χ0n) is 11.1. The maximum atomic E-state index is 10.5. The van der Waals surface area contributed by atoms with Gasteiger partial charge in [-0.3, -0.25) is 4.79 Å². The van der Waals surface area contributed by atoms with Crippen LogP contribution in [0.1, 0.15) is 60.8 Å². The number of unbranched alkanes of at least 4 members (excludes halogenated alkanes) is 1. The Labute approximate surface area is 94.4 Å². The Balaban J connectivity index is 3.72. The van der Waals surface area contributed by atoms with Crippen LogP contribution in [0.2, 0.25) is 0 Å². The van der Waals surface area contributed by atoms with Crippen LogP contribution in [-0.2, 0) is 9.53 Å². The summed E-state index contributed by atoms with van der Waals surface area (Å²) in [6.45, 7) is 13.5. The van der Waals surface area contributed by atoms with Gasteiger partial charge in [0.2, 0.25) is 0 Å². The van der Waals surface area contributed by atoms with Gasteiger partial charge < -0.3 is 4.74 Å². The van der Waals surface area contributed by atoms with Gasteiger partial charge in [-0.15, -0.1) is 0 Å². The number of carbonyl (C=O) groups is 1. The molecule has 0 amide bonds. The van der Waals surface area contributed by atoms with Gasteiger partial charge in [-0.1, -0.05) is 34.6 Å². The van der Waals surface area contributed by atoms with Crippen molar-refractivity contribution in [3.05, 3.63) is 0 Å². The summed E-state index contributed by atoms with van der Waals surface area (Å²) in [5.41, 5.74) is 0.664. The summed E-state index contributed by atoms with van der Waals surface area (Å²) in [7, 11) is 0. The van der Waals surface area contributed by atoms with Crippen molar-refractivity contribution >= 4 is 5.97 Å². The van der Waals surface area contributed by atoms with Crippen molar-refractivity contribution in [2.45, 2.75) is 60.8 Å². The molecule has 0 aromatic heterocycles. The van der Waals surface area contributed by atoms with E-state index in [1.807, 2.05) is 0 Å². The zero-order chi connectivity index (χ0) is 12.1. The number of hydrogen-bond donors (Lipinski definition) is 0. The van der Waals surface area contributed by atoms with Crippen molar-refractivity contribution in [1.82, 2.24) is 0 Å². The van der Waals surface area contributed by atoms with Crippen LogP contribution in [0.15, 0.2) is 0 Å². The molecule has 0 aliphatic carbocycles. The van der Waals surface area contributed by atoms with Crippen LogP contribution < -0.4 is 0 Å². The first kappa shape index (κ1) is 14.5. The molecule has 0 unspecified atom stereocenters. The molecule has 0 aromatic carbocycles. The second kappa shape index (κ2) is 5.53. The third-order valence-corrected chi connectivity index (χ3v) is 3.53. The van der Waals surface area contributed by atoms with E-state index in [1.165, 1.54) is 13.3 Å². The Morgan fingerprint density at radius 1 is 1.07 bits per heavy atom. The summed E-state index contributed by atoms with van der Waals surface area (Å²) in [5, 5.41) is 0. The molecule has 0 fully saturated rings. The van der Waals surface area contributed by atoms with E-state index in [4.69, 9.17) is 4.74 Å². The topological polar surface area (TPSA) is 26.3 Å². The van der Waals surface area contributed by atoms with Crippen molar-refractivity contribution in [2.24, 2.45) is 10.8 Å². The van der Waals surface area contributed by atoms with Crippen LogP contribution in [0.5, 0.6) is 0 Å². The second-order valence-corrected chi connectivity index (χ2v) is 5.93. The molecule has 0 aromatic rings. The highest BCUT2D eigenvalue weighted by atomic mass is 16.5. The van der Waals surface area contributed by atoms with E-state index in [0.717, 1.165) is 12.8 Å². The molecule has 0 atom stereocenters. The predicted molar refractivity (Wildman–Crippen MR) is 63.7 cm³/mol. The number of hydrogen-bond acceptors (Lipinski definition) is 2. The maximum Gasteiger partial charge on any atom is 0.302 e. The van der Waals surface area contributed by atoms with Crippen LogP contribution in [0.4, 0.5) is 0 Å². The van der Waals surface area contributed by atoms with Gasteiger partial charge in [-0.25, -0.2) is 0 Å². The third-order valence-electron chi connectivity index (χ3n) is 3.53. The van der Waals surface area contributed by atoms with Crippen LogP contribution in [0.3, 0.4) is 0 Å². The lowest BCUT2D eigenvalue weighted by atomic mass is 9.67. The van der Waals surface area contributed by atoms with Crippen molar-refractivity contribution in [2.75, 3.05) is 6.61 Å². The van der Waals surface area contributed by atoms with Gasteiger partial charge in [-0.2, -0.15) is 0 Å². The molecule has 0 saturated carbocycles. The maximum absolute atomic E-state index is 10.5. The first-order valence-electron chi connectivity index (χ1n) is 5.80. The largest absolute Gasteiger partial charge is 0.466 e. The summed E-state index contributed by atoms with van der Waals surface area (Å²) >= 11 is 0. The molecule has 0 saturated heterocycles. The van der Waals surface area contributed by atoms with Crippen molar-refractivity contribution < 1.29 is 9.53 Å². The highest BCUT2D eigenvalue weighted by Crippen LogP contribution is 2.41. The van der Waals surface area contributed by atoms with Gasteiger partial charge in [0.15, 0.2) is 0 Å². The molecular weight excluding hydrogens is 188 g/mol. The van der Waals surface area contributed by atoms with E-state index >= 15 is 0 Å². The molecular formula is C13H26O2. The van der Waals surface area contributed by atoms with Crippen LogP contribution in [0.25, 0.3) is 0 Å². The van der Waals surface area contributed by atoms with E-state index in [1.54, 1.807) is 0 Å². The lowest BCUT2D eigenvalue weighted by Gasteiger charge is -2.39. The summed E-state index contributed by atoms with van der Waals surface area (Å²) in [6.07, 6.45) is 3.27. The Morgan fingerprint density at radius 3 is 2.00 bits per heavy atom. The highest BCUT2D eigenvalue weighted by molar-refractivity contribution is 5.65. The SMILES string of the molecule is CC(=O)OCCCCC(C)(C)C(C)(C)C. The van der Waals surface area contributed by atoms with Crippen LogP contribution >= 0.6 is 0 Å². The molecule has 2 heteroatoms. The minimum atomic E-state index is -0.176. The summed E-state index contributed by atoms with van der Waals surface area (Å²) in [4.78, 5) is 10.5. The molecule has 0 bridgehead atoms. The molecule has 0 aliphatic heterocycles. The molecule has 0 radical (unpaired) electrons. The van der Waals surface area contributed by atoms with E-state index in [2.05, 4.69) is 34.6 Å². The number of esters is 1. The quantitative estimate of drug-likeness (QED) is 0.514. The Morgan fingerprint density at radius 2 is 1.60 bits per heavy atom. The van der Waals surface area contributed by atoms with Crippen molar-refractivity contribution in [3.8, 4) is 0 Å². The minimum Gasteiger partial charge on any atom is -0.466 e. The Kier molecular flexibility index (Phi) is 5.33. The monoisotopic (exact) mass is 214 g/mol.